The smallest absolute Gasteiger partial charge is 0.219 e. The number of nitrogens with zero attached hydrogens (tertiary/aromatic N) is 1. The molecule has 0 aliphatic heterocycles. The van der Waals surface area contributed by atoms with E-state index < -0.39 is 0 Å². The highest BCUT2D eigenvalue weighted by Gasteiger charge is 2.05. The molecule has 18 heavy (non-hydrogen) atoms. The van der Waals surface area contributed by atoms with Crippen LogP contribution in [0.4, 0.5) is 0 Å². The molecule has 5 heteroatoms. The van der Waals surface area contributed by atoms with Crippen molar-refractivity contribution in [3.63, 3.8) is 0 Å². The molecule has 1 aromatic carbocycles. The van der Waals surface area contributed by atoms with Gasteiger partial charge in [-0.2, -0.15) is 0 Å². The Kier molecular flexibility index (Phi) is 4.22. The summed E-state index contributed by atoms with van der Waals surface area (Å²) in [7, 11) is 0. The minimum Gasteiger partial charge on any atom is -0.437 e. The van der Waals surface area contributed by atoms with Gasteiger partial charge >= 0.3 is 0 Å². The third-order valence-electron chi connectivity index (χ3n) is 2.39. The summed E-state index contributed by atoms with van der Waals surface area (Å²) in [5.41, 5.74) is 6.71. The van der Waals surface area contributed by atoms with Crippen molar-refractivity contribution in [2.45, 2.75) is 13.0 Å². The lowest BCUT2D eigenvalue weighted by molar-refractivity contribution is 0.462. The Hall–Kier alpha value is -1.10. The average molecular weight is 328 g/mol. The number of pyridine rings is 1. The molecule has 94 valence electrons. The topological polar surface area (TPSA) is 48.1 Å². The minimum atomic E-state index is -0.0391. The zero-order chi connectivity index (χ0) is 13.1. The van der Waals surface area contributed by atoms with E-state index in [4.69, 9.17) is 22.1 Å². The van der Waals surface area contributed by atoms with Crippen LogP contribution in [0.2, 0.25) is 5.02 Å². The molecule has 2 N–H and O–H groups in total. The van der Waals surface area contributed by atoms with Crippen LogP contribution in [-0.4, -0.2) is 4.98 Å². The molecule has 0 saturated carbocycles. The molecule has 0 fully saturated rings. The van der Waals surface area contributed by atoms with Gasteiger partial charge in [0.15, 0.2) is 0 Å². The van der Waals surface area contributed by atoms with Crippen LogP contribution in [0.5, 0.6) is 11.6 Å². The predicted molar refractivity (Wildman–Crippen MR) is 76.1 cm³/mol. The standard InChI is InChI=1S/C13H12BrClN2O/c1-8(16)9-2-5-13(17-7-9)18-12-4-3-10(14)6-11(12)15/h2-8H,16H2,1H3/t8-/m1/s1. The van der Waals surface area contributed by atoms with E-state index in [0.717, 1.165) is 10.0 Å². The van der Waals surface area contributed by atoms with Crippen molar-refractivity contribution in [2.75, 3.05) is 0 Å². The highest BCUT2D eigenvalue weighted by Crippen LogP contribution is 2.31. The van der Waals surface area contributed by atoms with Gasteiger partial charge in [-0.1, -0.05) is 33.6 Å². The maximum Gasteiger partial charge on any atom is 0.219 e. The maximum atomic E-state index is 6.06. The van der Waals surface area contributed by atoms with Gasteiger partial charge in [0, 0.05) is 22.8 Å². The lowest BCUT2D eigenvalue weighted by atomic mass is 10.2. The summed E-state index contributed by atoms with van der Waals surface area (Å²) in [6, 6.07) is 9.04. The fourth-order valence-electron chi connectivity index (χ4n) is 1.39. The molecule has 2 aromatic rings. The Morgan fingerprint density at radius 3 is 2.67 bits per heavy atom. The van der Waals surface area contributed by atoms with E-state index >= 15 is 0 Å². The van der Waals surface area contributed by atoms with Gasteiger partial charge in [0.1, 0.15) is 5.75 Å². The highest BCUT2D eigenvalue weighted by molar-refractivity contribution is 9.10. The first-order valence-corrected chi connectivity index (χ1v) is 6.58. The third kappa shape index (κ3) is 3.22. The summed E-state index contributed by atoms with van der Waals surface area (Å²) >= 11 is 9.40. The van der Waals surface area contributed by atoms with Gasteiger partial charge in [-0.05, 0) is 30.7 Å². The largest absolute Gasteiger partial charge is 0.437 e. The Labute approximate surface area is 119 Å². The van der Waals surface area contributed by atoms with Crippen LogP contribution in [0.25, 0.3) is 0 Å². The van der Waals surface area contributed by atoms with Crippen molar-refractivity contribution < 1.29 is 4.74 Å². The summed E-state index contributed by atoms with van der Waals surface area (Å²) in [5, 5.41) is 0.530. The highest BCUT2D eigenvalue weighted by atomic mass is 79.9. The number of nitrogens with two attached hydrogens (primary N) is 1. The first-order valence-electron chi connectivity index (χ1n) is 5.40. The van der Waals surface area contributed by atoms with Crippen molar-refractivity contribution in [2.24, 2.45) is 5.73 Å². The van der Waals surface area contributed by atoms with E-state index in [-0.39, 0.29) is 6.04 Å². The molecule has 0 unspecified atom stereocenters. The molecule has 1 heterocycles. The Morgan fingerprint density at radius 2 is 2.11 bits per heavy atom. The van der Waals surface area contributed by atoms with Crippen LogP contribution < -0.4 is 10.5 Å². The van der Waals surface area contributed by atoms with E-state index in [1.54, 1.807) is 24.4 Å². The van der Waals surface area contributed by atoms with Crippen molar-refractivity contribution in [1.82, 2.24) is 4.98 Å². The summed E-state index contributed by atoms with van der Waals surface area (Å²) in [6.45, 7) is 1.91. The normalized spacial score (nSPS) is 12.2. The predicted octanol–water partition coefficient (Wildman–Crippen LogP) is 4.31. The molecule has 0 radical (unpaired) electrons. The van der Waals surface area contributed by atoms with E-state index in [0.29, 0.717) is 16.7 Å². The molecule has 3 nitrogen and oxygen atoms in total. The molecule has 2 rings (SSSR count). The summed E-state index contributed by atoms with van der Waals surface area (Å²) in [4.78, 5) is 4.19. The lowest BCUT2D eigenvalue weighted by Gasteiger charge is -2.08. The van der Waals surface area contributed by atoms with Gasteiger partial charge in [-0.25, -0.2) is 4.98 Å². The SMILES string of the molecule is C[C@@H](N)c1ccc(Oc2ccc(Br)cc2Cl)nc1. The zero-order valence-electron chi connectivity index (χ0n) is 9.73. The molecule has 0 aliphatic carbocycles. The second-order valence-corrected chi connectivity index (χ2v) is 5.22. The van der Waals surface area contributed by atoms with Crippen LogP contribution >= 0.6 is 27.5 Å². The Morgan fingerprint density at radius 1 is 1.33 bits per heavy atom. The number of benzene rings is 1. The van der Waals surface area contributed by atoms with Gasteiger partial charge < -0.3 is 10.5 Å². The summed E-state index contributed by atoms with van der Waals surface area (Å²) < 4.78 is 6.50. The van der Waals surface area contributed by atoms with Crippen LogP contribution in [0, 0.1) is 0 Å². The molecule has 0 bridgehead atoms. The first-order chi connectivity index (χ1) is 8.56. The number of hydrogen-bond donors (Lipinski definition) is 1. The number of aromatic nitrogens is 1. The minimum absolute atomic E-state index is 0.0391. The third-order valence-corrected chi connectivity index (χ3v) is 3.18. The molecule has 0 amide bonds. The molecule has 0 aliphatic rings. The average Bonchev–Trinajstić information content (AvgIpc) is 2.33. The van der Waals surface area contributed by atoms with Crippen LogP contribution in [0.15, 0.2) is 41.0 Å². The van der Waals surface area contributed by atoms with Crippen molar-refractivity contribution in [3.8, 4) is 11.6 Å². The Bertz CT molecular complexity index is 543. The van der Waals surface area contributed by atoms with E-state index in [2.05, 4.69) is 20.9 Å². The van der Waals surface area contributed by atoms with E-state index in [9.17, 15) is 0 Å². The number of halogens is 2. The van der Waals surface area contributed by atoms with Crippen molar-refractivity contribution >= 4 is 27.5 Å². The van der Waals surface area contributed by atoms with E-state index in [1.165, 1.54) is 0 Å². The second-order valence-electron chi connectivity index (χ2n) is 3.90. The fourth-order valence-corrected chi connectivity index (χ4v) is 2.10. The molecule has 0 spiro atoms. The van der Waals surface area contributed by atoms with Gasteiger partial charge in [-0.3, -0.25) is 0 Å². The maximum absolute atomic E-state index is 6.06. The number of hydrogen-bond acceptors (Lipinski definition) is 3. The molecule has 1 aromatic heterocycles. The van der Waals surface area contributed by atoms with E-state index in [1.807, 2.05) is 19.1 Å². The molecule has 0 saturated heterocycles. The van der Waals surface area contributed by atoms with Crippen molar-refractivity contribution in [1.29, 1.82) is 0 Å². The van der Waals surface area contributed by atoms with Gasteiger partial charge in [-0.15, -0.1) is 0 Å². The van der Waals surface area contributed by atoms with Crippen LogP contribution in [-0.2, 0) is 0 Å². The lowest BCUT2D eigenvalue weighted by Crippen LogP contribution is -2.05. The molecular weight excluding hydrogens is 316 g/mol. The monoisotopic (exact) mass is 326 g/mol. The van der Waals surface area contributed by atoms with Crippen LogP contribution in [0.3, 0.4) is 0 Å². The molecular formula is C13H12BrClN2O. The second kappa shape index (κ2) is 5.69. The number of rotatable bonds is 3. The number of ether oxygens (including phenoxy) is 1. The van der Waals surface area contributed by atoms with Crippen LogP contribution in [0.1, 0.15) is 18.5 Å². The summed E-state index contributed by atoms with van der Waals surface area (Å²) in [6.07, 6.45) is 1.70. The van der Waals surface area contributed by atoms with Gasteiger partial charge in [0.25, 0.3) is 0 Å². The zero-order valence-corrected chi connectivity index (χ0v) is 12.1. The van der Waals surface area contributed by atoms with Gasteiger partial charge in [0.2, 0.25) is 5.88 Å². The fraction of sp³-hybridized carbons (Fsp3) is 0.154. The first kappa shape index (κ1) is 13.3. The molecule has 1 atom stereocenters. The van der Waals surface area contributed by atoms with Crippen molar-refractivity contribution in [3.05, 3.63) is 51.6 Å². The summed E-state index contributed by atoms with van der Waals surface area (Å²) in [5.74, 6) is 1.06. The quantitative estimate of drug-likeness (QED) is 0.914. The van der Waals surface area contributed by atoms with Gasteiger partial charge in [0.05, 0.1) is 5.02 Å². The Balaban J connectivity index is 2.18.